The number of carbonyl (C=O) groups is 1. The molecule has 0 atom stereocenters. The van der Waals surface area contributed by atoms with Crippen LogP contribution in [0.2, 0.25) is 0 Å². The van der Waals surface area contributed by atoms with Gasteiger partial charge in [-0.15, -0.1) is 12.4 Å². The molecule has 3 rings (SSSR count). The van der Waals surface area contributed by atoms with Gasteiger partial charge in [-0.3, -0.25) is 9.69 Å². The van der Waals surface area contributed by atoms with Gasteiger partial charge in [0.1, 0.15) is 0 Å². The first-order valence-corrected chi connectivity index (χ1v) is 10.8. The number of rotatable bonds is 7. The number of aromatic nitrogens is 1. The van der Waals surface area contributed by atoms with Crippen LogP contribution in [0, 0.1) is 6.92 Å². The Morgan fingerprint density at radius 3 is 2.36 bits per heavy atom. The summed E-state index contributed by atoms with van der Waals surface area (Å²) >= 11 is 5.01. The number of aryl methyl sites for hydroxylation is 1. The maximum Gasteiger partial charge on any atom is 0.260 e. The number of thiazole rings is 1. The molecule has 7 heteroatoms. The van der Waals surface area contributed by atoms with Crippen LogP contribution in [0.25, 0.3) is 10.2 Å². The molecular weight excluding hydrogens is 458 g/mol. The summed E-state index contributed by atoms with van der Waals surface area (Å²) in [6.45, 7) is 9.73. The van der Waals surface area contributed by atoms with Gasteiger partial charge >= 0.3 is 0 Å². The Bertz CT molecular complexity index is 925. The number of amides is 1. The van der Waals surface area contributed by atoms with Crippen molar-refractivity contribution in [3.8, 4) is 0 Å². The summed E-state index contributed by atoms with van der Waals surface area (Å²) in [5, 5.41) is 0.763. The molecule has 1 aromatic heterocycles. The first-order chi connectivity index (χ1) is 13.0. The van der Waals surface area contributed by atoms with Crippen LogP contribution in [0.5, 0.6) is 0 Å². The van der Waals surface area contributed by atoms with Gasteiger partial charge in [0.2, 0.25) is 0 Å². The molecule has 0 aliphatic carbocycles. The maximum absolute atomic E-state index is 13.3. The lowest BCUT2D eigenvalue weighted by Gasteiger charge is -2.24. The van der Waals surface area contributed by atoms with Crippen molar-refractivity contribution in [2.24, 2.45) is 0 Å². The molecular formula is C21H25BrClN3OS. The van der Waals surface area contributed by atoms with Crippen LogP contribution in [0.4, 0.5) is 5.13 Å². The fourth-order valence-electron chi connectivity index (χ4n) is 3.00. The fraction of sp³-hybridized carbons (Fsp3) is 0.333. The van der Waals surface area contributed by atoms with E-state index in [-0.39, 0.29) is 18.3 Å². The van der Waals surface area contributed by atoms with Crippen LogP contribution in [0.3, 0.4) is 0 Å². The minimum atomic E-state index is -0.00800. The zero-order chi connectivity index (χ0) is 19.4. The molecule has 28 heavy (non-hydrogen) atoms. The molecule has 0 fully saturated rings. The number of para-hydroxylation sites is 1. The van der Waals surface area contributed by atoms with Crippen LogP contribution in [0.1, 0.15) is 29.8 Å². The minimum Gasteiger partial charge on any atom is -0.302 e. The summed E-state index contributed by atoms with van der Waals surface area (Å²) in [6, 6.07) is 13.7. The van der Waals surface area contributed by atoms with Gasteiger partial charge in [0.15, 0.2) is 5.13 Å². The van der Waals surface area contributed by atoms with Crippen LogP contribution in [-0.4, -0.2) is 42.0 Å². The molecule has 1 amide bonds. The van der Waals surface area contributed by atoms with Crippen molar-refractivity contribution >= 4 is 60.9 Å². The number of fused-ring (bicyclic) bond motifs is 1. The number of halogens is 2. The SMILES string of the molecule is CCN(CC)CCN(C(=O)c1ccc(Br)cc1)c1nc2c(C)cccc2s1.Cl. The summed E-state index contributed by atoms with van der Waals surface area (Å²) < 4.78 is 2.07. The monoisotopic (exact) mass is 481 g/mol. The smallest absolute Gasteiger partial charge is 0.260 e. The molecule has 0 saturated heterocycles. The van der Waals surface area contributed by atoms with Crippen LogP contribution >= 0.6 is 39.7 Å². The number of carbonyl (C=O) groups excluding carboxylic acids is 1. The molecule has 150 valence electrons. The van der Waals surface area contributed by atoms with E-state index >= 15 is 0 Å². The topological polar surface area (TPSA) is 36.4 Å². The average molecular weight is 483 g/mol. The van der Waals surface area contributed by atoms with E-state index in [1.54, 1.807) is 11.3 Å². The van der Waals surface area contributed by atoms with Gasteiger partial charge in [-0.05, 0) is 55.9 Å². The normalized spacial score (nSPS) is 10.9. The Kier molecular flexibility index (Phi) is 8.43. The summed E-state index contributed by atoms with van der Waals surface area (Å²) in [6.07, 6.45) is 0. The Morgan fingerprint density at radius 2 is 1.75 bits per heavy atom. The van der Waals surface area contributed by atoms with E-state index in [0.717, 1.165) is 45.0 Å². The number of benzene rings is 2. The van der Waals surface area contributed by atoms with Gasteiger partial charge in [-0.25, -0.2) is 4.98 Å². The highest BCUT2D eigenvalue weighted by Crippen LogP contribution is 2.31. The van der Waals surface area contributed by atoms with Gasteiger partial charge in [0, 0.05) is 23.1 Å². The summed E-state index contributed by atoms with van der Waals surface area (Å²) in [5.41, 5.74) is 2.79. The van der Waals surface area contributed by atoms with Gasteiger partial charge in [0.05, 0.1) is 10.2 Å². The molecule has 0 saturated carbocycles. The molecule has 0 aliphatic heterocycles. The molecule has 0 unspecified atom stereocenters. The van der Waals surface area contributed by atoms with Gasteiger partial charge in [-0.2, -0.15) is 0 Å². The summed E-state index contributed by atoms with van der Waals surface area (Å²) in [4.78, 5) is 22.2. The second-order valence-electron chi connectivity index (χ2n) is 6.41. The molecule has 0 aliphatic rings. The van der Waals surface area contributed by atoms with Crippen LogP contribution in [0.15, 0.2) is 46.9 Å². The van der Waals surface area contributed by atoms with Crippen molar-refractivity contribution in [2.75, 3.05) is 31.1 Å². The van der Waals surface area contributed by atoms with Crippen LogP contribution in [-0.2, 0) is 0 Å². The van der Waals surface area contributed by atoms with E-state index in [1.807, 2.05) is 35.2 Å². The molecule has 3 aromatic rings. The van der Waals surface area contributed by atoms with E-state index in [9.17, 15) is 4.79 Å². The molecule has 0 N–H and O–H groups in total. The predicted molar refractivity (Wildman–Crippen MR) is 125 cm³/mol. The Hall–Kier alpha value is -1.47. The third-order valence-electron chi connectivity index (χ3n) is 4.71. The fourth-order valence-corrected chi connectivity index (χ4v) is 4.34. The van der Waals surface area contributed by atoms with Crippen molar-refractivity contribution in [3.63, 3.8) is 0 Å². The lowest BCUT2D eigenvalue weighted by Crippen LogP contribution is -2.38. The first-order valence-electron chi connectivity index (χ1n) is 9.19. The molecule has 0 radical (unpaired) electrons. The average Bonchev–Trinajstić information content (AvgIpc) is 3.11. The van der Waals surface area contributed by atoms with E-state index in [0.29, 0.717) is 12.1 Å². The second kappa shape index (κ2) is 10.3. The highest BCUT2D eigenvalue weighted by Gasteiger charge is 2.22. The van der Waals surface area contributed by atoms with Crippen molar-refractivity contribution in [2.45, 2.75) is 20.8 Å². The molecule has 1 heterocycles. The highest BCUT2D eigenvalue weighted by molar-refractivity contribution is 9.10. The third kappa shape index (κ3) is 5.11. The zero-order valence-corrected chi connectivity index (χ0v) is 19.5. The Balaban J connectivity index is 0.00000280. The first kappa shape index (κ1) is 22.8. The zero-order valence-electron chi connectivity index (χ0n) is 16.3. The van der Waals surface area contributed by atoms with Crippen molar-refractivity contribution in [1.29, 1.82) is 0 Å². The quantitative estimate of drug-likeness (QED) is 0.428. The second-order valence-corrected chi connectivity index (χ2v) is 8.33. The number of hydrogen-bond acceptors (Lipinski definition) is 4. The Morgan fingerprint density at radius 1 is 1.07 bits per heavy atom. The van der Waals surface area contributed by atoms with Crippen LogP contribution < -0.4 is 4.90 Å². The van der Waals surface area contributed by atoms with E-state index in [2.05, 4.69) is 53.7 Å². The number of nitrogens with zero attached hydrogens (tertiary/aromatic N) is 3. The maximum atomic E-state index is 13.3. The summed E-state index contributed by atoms with van der Waals surface area (Å²) in [7, 11) is 0. The molecule has 2 aromatic carbocycles. The highest BCUT2D eigenvalue weighted by atomic mass is 79.9. The largest absolute Gasteiger partial charge is 0.302 e. The summed E-state index contributed by atoms with van der Waals surface area (Å²) in [5.74, 6) is -0.00800. The van der Waals surface area contributed by atoms with Gasteiger partial charge in [-0.1, -0.05) is 53.2 Å². The third-order valence-corrected chi connectivity index (χ3v) is 6.28. The molecule has 4 nitrogen and oxygen atoms in total. The van der Waals surface area contributed by atoms with E-state index < -0.39 is 0 Å². The van der Waals surface area contributed by atoms with E-state index in [1.165, 1.54) is 0 Å². The molecule has 0 bridgehead atoms. The lowest BCUT2D eigenvalue weighted by molar-refractivity contribution is 0.0984. The Labute approximate surface area is 185 Å². The van der Waals surface area contributed by atoms with Gasteiger partial charge < -0.3 is 4.90 Å². The molecule has 0 spiro atoms. The minimum absolute atomic E-state index is 0. The van der Waals surface area contributed by atoms with Crippen molar-refractivity contribution < 1.29 is 4.79 Å². The van der Waals surface area contributed by atoms with Gasteiger partial charge in [0.25, 0.3) is 5.91 Å². The number of anilines is 1. The number of likely N-dealkylation sites (N-methyl/N-ethyl adjacent to an activating group) is 1. The predicted octanol–water partition coefficient (Wildman–Crippen LogP) is 5.78. The standard InChI is InChI=1S/C21H24BrN3OS.ClH/c1-4-24(5-2)13-14-25(20(26)16-9-11-17(22)12-10-16)21-23-19-15(3)7-6-8-18(19)27-21;/h6-12H,4-5,13-14H2,1-3H3;1H. The van der Waals surface area contributed by atoms with E-state index in [4.69, 9.17) is 4.98 Å². The lowest BCUT2D eigenvalue weighted by atomic mass is 10.2. The number of hydrogen-bond donors (Lipinski definition) is 0. The van der Waals surface area contributed by atoms with Crippen molar-refractivity contribution in [3.05, 3.63) is 58.1 Å². The van der Waals surface area contributed by atoms with Crippen molar-refractivity contribution in [1.82, 2.24) is 9.88 Å².